The minimum Gasteiger partial charge on any atom is -0.482 e. The van der Waals surface area contributed by atoms with Crippen LogP contribution in [0, 0.1) is 29.8 Å². The summed E-state index contributed by atoms with van der Waals surface area (Å²) >= 11 is 6.12. The molecule has 0 spiro atoms. The van der Waals surface area contributed by atoms with Crippen LogP contribution in [0.3, 0.4) is 0 Å². The fourth-order valence-electron chi connectivity index (χ4n) is 3.61. The smallest absolute Gasteiger partial charge is 0.311 e. The average molecular weight is 509 g/mol. The number of anilines is 1. The molecule has 0 saturated carbocycles. The van der Waals surface area contributed by atoms with Gasteiger partial charge >= 0.3 is 5.69 Å². The van der Waals surface area contributed by atoms with Crippen molar-refractivity contribution in [3.63, 3.8) is 0 Å². The van der Waals surface area contributed by atoms with Gasteiger partial charge in [-0.2, -0.15) is 5.10 Å². The number of nitro benzene ring substituents is 1. The molecule has 10 heteroatoms. The van der Waals surface area contributed by atoms with E-state index in [0.29, 0.717) is 33.2 Å². The van der Waals surface area contributed by atoms with E-state index in [1.54, 1.807) is 67.1 Å². The summed E-state index contributed by atoms with van der Waals surface area (Å²) < 4.78 is 21.4. The first-order valence-corrected chi connectivity index (χ1v) is 11.3. The molecule has 3 aromatic carbocycles. The Labute approximate surface area is 211 Å². The van der Waals surface area contributed by atoms with Crippen LogP contribution in [0.2, 0.25) is 5.02 Å². The van der Waals surface area contributed by atoms with Gasteiger partial charge in [-0.3, -0.25) is 19.6 Å². The van der Waals surface area contributed by atoms with E-state index < -0.39 is 16.6 Å². The van der Waals surface area contributed by atoms with Gasteiger partial charge in [0.25, 0.3) is 5.91 Å². The van der Waals surface area contributed by atoms with Gasteiger partial charge in [0, 0.05) is 34.0 Å². The number of nitro groups is 1. The van der Waals surface area contributed by atoms with Crippen LogP contribution in [0.4, 0.5) is 15.9 Å². The lowest BCUT2D eigenvalue weighted by Gasteiger charge is -2.09. The number of hydrogen-bond donors (Lipinski definition) is 1. The molecule has 0 saturated heterocycles. The zero-order valence-corrected chi connectivity index (χ0v) is 20.3. The summed E-state index contributed by atoms with van der Waals surface area (Å²) in [6.07, 6.45) is 0. The highest BCUT2D eigenvalue weighted by Gasteiger charge is 2.16. The van der Waals surface area contributed by atoms with Gasteiger partial charge in [-0.1, -0.05) is 35.9 Å². The van der Waals surface area contributed by atoms with Gasteiger partial charge in [0.05, 0.1) is 11.5 Å². The van der Waals surface area contributed by atoms with Crippen molar-refractivity contribution in [1.82, 2.24) is 9.78 Å². The number of aryl methyl sites for hydroxylation is 2. The van der Waals surface area contributed by atoms with Crippen LogP contribution in [-0.2, 0) is 13.2 Å². The second-order valence-corrected chi connectivity index (χ2v) is 8.61. The zero-order chi connectivity index (χ0) is 25.8. The summed E-state index contributed by atoms with van der Waals surface area (Å²) in [5.41, 5.74) is 2.68. The Morgan fingerprint density at radius 1 is 1.14 bits per heavy atom. The molecule has 4 aromatic rings. The predicted octanol–water partition coefficient (Wildman–Crippen LogP) is 6.08. The monoisotopic (exact) mass is 508 g/mol. The maximum atomic E-state index is 14.2. The van der Waals surface area contributed by atoms with Gasteiger partial charge in [0.2, 0.25) is 0 Å². The van der Waals surface area contributed by atoms with Crippen molar-refractivity contribution in [2.75, 3.05) is 5.32 Å². The number of nitrogens with zero attached hydrogens (tertiary/aromatic N) is 3. The topological polar surface area (TPSA) is 99.3 Å². The van der Waals surface area contributed by atoms with E-state index in [0.717, 1.165) is 5.56 Å². The number of ether oxygens (including phenoxy) is 1. The quantitative estimate of drug-likeness (QED) is 0.230. The fourth-order valence-corrected chi connectivity index (χ4v) is 3.83. The summed E-state index contributed by atoms with van der Waals surface area (Å²) in [5.74, 6) is -0.372. The minimum absolute atomic E-state index is 0.0438. The van der Waals surface area contributed by atoms with Crippen LogP contribution >= 0.6 is 11.6 Å². The van der Waals surface area contributed by atoms with Gasteiger partial charge in [-0.15, -0.1) is 0 Å². The second kappa shape index (κ2) is 10.6. The van der Waals surface area contributed by atoms with Gasteiger partial charge < -0.3 is 10.1 Å². The first-order chi connectivity index (χ1) is 17.2. The predicted molar refractivity (Wildman–Crippen MR) is 134 cm³/mol. The lowest BCUT2D eigenvalue weighted by molar-refractivity contribution is -0.386. The number of amides is 1. The van der Waals surface area contributed by atoms with Crippen LogP contribution in [-0.4, -0.2) is 20.6 Å². The Morgan fingerprint density at radius 2 is 1.92 bits per heavy atom. The van der Waals surface area contributed by atoms with E-state index in [1.807, 2.05) is 0 Å². The summed E-state index contributed by atoms with van der Waals surface area (Å²) in [7, 11) is 0. The van der Waals surface area contributed by atoms with Gasteiger partial charge in [0.15, 0.2) is 11.6 Å². The molecule has 0 radical (unpaired) electrons. The molecule has 1 heterocycles. The molecule has 0 aliphatic carbocycles. The van der Waals surface area contributed by atoms with Crippen molar-refractivity contribution in [1.29, 1.82) is 0 Å². The SMILES string of the molecule is Cc1ccc(OCc2cccc(C(=O)Nc3cc(C)n(Cc4c(F)cccc4Cl)n3)c2)c([N+](=O)[O-])c1. The zero-order valence-electron chi connectivity index (χ0n) is 19.5. The van der Waals surface area contributed by atoms with E-state index in [1.165, 1.54) is 18.2 Å². The maximum absolute atomic E-state index is 14.2. The number of carbonyl (C=O) groups excluding carboxylic acids is 1. The molecule has 0 bridgehead atoms. The van der Waals surface area contributed by atoms with Crippen LogP contribution in [0.1, 0.15) is 32.7 Å². The summed E-state index contributed by atoms with van der Waals surface area (Å²) in [5, 5.41) is 18.7. The molecule has 1 aromatic heterocycles. The summed E-state index contributed by atoms with van der Waals surface area (Å²) in [6, 6.07) is 17.6. The Kier molecular flexibility index (Phi) is 7.30. The molecule has 0 atom stereocenters. The molecule has 36 heavy (non-hydrogen) atoms. The highest BCUT2D eigenvalue weighted by atomic mass is 35.5. The number of aromatic nitrogens is 2. The van der Waals surface area contributed by atoms with Crippen LogP contribution in [0.5, 0.6) is 5.75 Å². The van der Waals surface area contributed by atoms with Crippen molar-refractivity contribution >= 4 is 29.0 Å². The van der Waals surface area contributed by atoms with Crippen LogP contribution in [0.15, 0.2) is 66.7 Å². The molecular formula is C26H22ClFN4O4. The largest absolute Gasteiger partial charge is 0.482 e. The third kappa shape index (κ3) is 5.69. The van der Waals surface area contributed by atoms with E-state index in [9.17, 15) is 19.3 Å². The number of carbonyl (C=O) groups is 1. The highest BCUT2D eigenvalue weighted by molar-refractivity contribution is 6.31. The number of hydrogen-bond acceptors (Lipinski definition) is 5. The molecule has 1 N–H and O–H groups in total. The molecule has 0 aliphatic heterocycles. The molecule has 1 amide bonds. The fraction of sp³-hybridized carbons (Fsp3) is 0.154. The van der Waals surface area contributed by atoms with E-state index in [4.69, 9.17) is 16.3 Å². The van der Waals surface area contributed by atoms with Crippen molar-refractivity contribution in [2.24, 2.45) is 0 Å². The number of nitrogens with one attached hydrogen (secondary N) is 1. The molecule has 0 unspecified atom stereocenters. The molecule has 8 nitrogen and oxygen atoms in total. The molecule has 184 valence electrons. The van der Waals surface area contributed by atoms with Gasteiger partial charge in [-0.05, 0) is 55.3 Å². The number of rotatable bonds is 8. The van der Waals surface area contributed by atoms with Crippen LogP contribution in [0.25, 0.3) is 0 Å². The normalized spacial score (nSPS) is 10.8. The Morgan fingerprint density at radius 3 is 2.67 bits per heavy atom. The Hall–Kier alpha value is -4.24. The first-order valence-electron chi connectivity index (χ1n) is 11.0. The summed E-state index contributed by atoms with van der Waals surface area (Å²) in [6.45, 7) is 3.71. The van der Waals surface area contributed by atoms with Crippen molar-refractivity contribution < 1.29 is 18.8 Å². The molecule has 0 fully saturated rings. The standard InChI is InChI=1S/C26H22ClFN4O4/c1-16-9-10-24(23(11-16)32(34)35)36-15-18-5-3-6-19(13-18)26(33)29-25-12-17(2)31(30-25)14-20-21(27)7-4-8-22(20)28/h3-13H,14-15H2,1-2H3,(H,29,30,33). The van der Waals surface area contributed by atoms with Gasteiger partial charge in [-0.25, -0.2) is 4.39 Å². The second-order valence-electron chi connectivity index (χ2n) is 8.20. The van der Waals surface area contributed by atoms with Gasteiger partial charge in [0.1, 0.15) is 12.4 Å². The number of halogens is 2. The van der Waals surface area contributed by atoms with Crippen molar-refractivity contribution in [3.05, 3.63) is 116 Å². The maximum Gasteiger partial charge on any atom is 0.311 e. The first kappa shape index (κ1) is 24.9. The minimum atomic E-state index is -0.493. The lowest BCUT2D eigenvalue weighted by Crippen LogP contribution is -2.13. The highest BCUT2D eigenvalue weighted by Crippen LogP contribution is 2.28. The van der Waals surface area contributed by atoms with Crippen molar-refractivity contribution in [2.45, 2.75) is 27.0 Å². The third-order valence-corrected chi connectivity index (χ3v) is 5.84. The van der Waals surface area contributed by atoms with Crippen molar-refractivity contribution in [3.8, 4) is 5.75 Å². The van der Waals surface area contributed by atoms with E-state index >= 15 is 0 Å². The Balaban J connectivity index is 1.45. The third-order valence-electron chi connectivity index (χ3n) is 5.49. The lowest BCUT2D eigenvalue weighted by atomic mass is 10.1. The van der Waals surface area contributed by atoms with E-state index in [-0.39, 0.29) is 24.6 Å². The number of benzene rings is 3. The molecular weight excluding hydrogens is 487 g/mol. The van der Waals surface area contributed by atoms with Crippen LogP contribution < -0.4 is 10.1 Å². The Bertz CT molecular complexity index is 1430. The average Bonchev–Trinajstić information content (AvgIpc) is 3.19. The van der Waals surface area contributed by atoms with E-state index in [2.05, 4.69) is 10.4 Å². The molecule has 4 rings (SSSR count). The molecule has 0 aliphatic rings. The summed E-state index contributed by atoms with van der Waals surface area (Å²) in [4.78, 5) is 23.6.